The molecule has 9 nitrogen and oxygen atoms in total. The molecular weight excluding hydrogens is 380 g/mol. The summed E-state index contributed by atoms with van der Waals surface area (Å²) in [5.41, 5.74) is 0.498. The number of non-ortho nitro benzene ring substituents is 1. The highest BCUT2D eigenvalue weighted by atomic mass is 32.2. The van der Waals surface area contributed by atoms with Crippen LogP contribution in [0.15, 0.2) is 24.3 Å². The number of nitrogens with zero attached hydrogens (tertiary/aromatic N) is 3. The molecule has 0 saturated carbocycles. The third kappa shape index (κ3) is 5.23. The molecule has 0 unspecified atom stereocenters. The van der Waals surface area contributed by atoms with E-state index < -0.39 is 16.1 Å². The monoisotopic (exact) mass is 396 g/mol. The Morgan fingerprint density at radius 3 is 2.85 bits per heavy atom. The smallest absolute Gasteiger partial charge is 0.315 e. The second-order valence-electron chi connectivity index (χ2n) is 4.99. The predicted octanol–water partition coefficient (Wildman–Crippen LogP) is 2.74. The second kappa shape index (κ2) is 9.25. The van der Waals surface area contributed by atoms with Crippen molar-refractivity contribution >= 4 is 45.8 Å². The van der Waals surface area contributed by atoms with Crippen LogP contribution in [0.5, 0.6) is 0 Å². The van der Waals surface area contributed by atoms with E-state index in [0.29, 0.717) is 17.0 Å². The van der Waals surface area contributed by atoms with Crippen molar-refractivity contribution in [2.24, 2.45) is 0 Å². The van der Waals surface area contributed by atoms with Gasteiger partial charge in [0, 0.05) is 17.7 Å². The zero-order valence-electron chi connectivity index (χ0n) is 14.0. The van der Waals surface area contributed by atoms with E-state index >= 15 is 0 Å². The Bertz CT molecular complexity index is 811. The molecule has 1 amide bonds. The van der Waals surface area contributed by atoms with Crippen molar-refractivity contribution in [3.63, 3.8) is 0 Å². The Balaban J connectivity index is 2.05. The number of rotatable bonds is 8. The SMILES string of the molecule is CC[C@@H](SCC(=O)OC)C(=O)Nc1nnc(-c2cccc([N+](=O)[O-])c2)s1. The lowest BCUT2D eigenvalue weighted by Crippen LogP contribution is -2.25. The van der Waals surface area contributed by atoms with Gasteiger partial charge in [-0.15, -0.1) is 22.0 Å². The van der Waals surface area contributed by atoms with E-state index in [-0.39, 0.29) is 22.5 Å². The van der Waals surface area contributed by atoms with E-state index in [4.69, 9.17) is 0 Å². The zero-order valence-corrected chi connectivity index (χ0v) is 15.6. The Kier molecular flexibility index (Phi) is 7.04. The zero-order chi connectivity index (χ0) is 19.1. The molecule has 138 valence electrons. The van der Waals surface area contributed by atoms with Crippen LogP contribution in [0.3, 0.4) is 0 Å². The van der Waals surface area contributed by atoms with E-state index in [1.54, 1.807) is 12.1 Å². The van der Waals surface area contributed by atoms with Gasteiger partial charge in [0.1, 0.15) is 5.01 Å². The van der Waals surface area contributed by atoms with Gasteiger partial charge in [0.2, 0.25) is 11.0 Å². The third-order valence-electron chi connectivity index (χ3n) is 3.25. The number of methoxy groups -OCH3 is 1. The number of nitro benzene ring substituents is 1. The van der Waals surface area contributed by atoms with Gasteiger partial charge in [0.25, 0.3) is 5.69 Å². The minimum absolute atomic E-state index is 0.0476. The molecule has 1 aromatic heterocycles. The summed E-state index contributed by atoms with van der Waals surface area (Å²) in [6, 6.07) is 6.02. The number of thioether (sulfide) groups is 1. The number of ether oxygens (including phenoxy) is 1. The summed E-state index contributed by atoms with van der Waals surface area (Å²) in [7, 11) is 1.29. The van der Waals surface area contributed by atoms with Crippen molar-refractivity contribution < 1.29 is 19.2 Å². The highest BCUT2D eigenvalue weighted by Gasteiger charge is 2.20. The first-order chi connectivity index (χ1) is 12.4. The molecule has 2 rings (SSSR count). The molecule has 0 fully saturated rings. The topological polar surface area (TPSA) is 124 Å². The Hall–Kier alpha value is -2.53. The molecule has 0 bridgehead atoms. The molecule has 0 saturated heterocycles. The number of benzene rings is 1. The number of carbonyl (C=O) groups excluding carboxylic acids is 2. The number of nitro groups is 1. The normalized spacial score (nSPS) is 11.6. The number of nitrogens with one attached hydrogen (secondary N) is 1. The van der Waals surface area contributed by atoms with Crippen molar-refractivity contribution in [3.05, 3.63) is 34.4 Å². The van der Waals surface area contributed by atoms with Crippen LogP contribution < -0.4 is 5.32 Å². The molecule has 1 N–H and O–H groups in total. The Labute approximate surface area is 157 Å². The fraction of sp³-hybridized carbons (Fsp3) is 0.333. The minimum atomic E-state index is -0.488. The van der Waals surface area contributed by atoms with Crippen molar-refractivity contribution in [1.29, 1.82) is 0 Å². The van der Waals surface area contributed by atoms with Gasteiger partial charge < -0.3 is 4.74 Å². The van der Waals surface area contributed by atoms with Crippen LogP contribution in [-0.2, 0) is 14.3 Å². The van der Waals surface area contributed by atoms with E-state index in [0.717, 1.165) is 11.3 Å². The summed E-state index contributed by atoms with van der Waals surface area (Å²) >= 11 is 2.30. The molecule has 2 aromatic rings. The van der Waals surface area contributed by atoms with E-state index in [1.165, 1.54) is 31.0 Å². The maximum atomic E-state index is 12.3. The highest BCUT2D eigenvalue weighted by Crippen LogP contribution is 2.29. The van der Waals surface area contributed by atoms with Crippen molar-refractivity contribution in [1.82, 2.24) is 10.2 Å². The van der Waals surface area contributed by atoms with Crippen LogP contribution in [0.1, 0.15) is 13.3 Å². The molecule has 0 aliphatic carbocycles. The highest BCUT2D eigenvalue weighted by molar-refractivity contribution is 8.01. The van der Waals surface area contributed by atoms with Crippen molar-refractivity contribution in [2.75, 3.05) is 18.2 Å². The standard InChI is InChI=1S/C15H16N4O5S2/c1-3-11(25-8-12(20)24-2)13(21)16-15-18-17-14(26-15)9-5-4-6-10(7-9)19(22)23/h4-7,11H,3,8H2,1-2H3,(H,16,18,21)/t11-/m1/s1. The van der Waals surface area contributed by atoms with E-state index in [9.17, 15) is 19.7 Å². The predicted molar refractivity (Wildman–Crippen MR) is 99.2 cm³/mol. The third-order valence-corrected chi connectivity index (χ3v) is 5.49. The lowest BCUT2D eigenvalue weighted by Gasteiger charge is -2.12. The average Bonchev–Trinajstić information content (AvgIpc) is 3.10. The van der Waals surface area contributed by atoms with Crippen LogP contribution in [-0.4, -0.2) is 45.1 Å². The van der Waals surface area contributed by atoms with Crippen molar-refractivity contribution in [2.45, 2.75) is 18.6 Å². The quantitative estimate of drug-likeness (QED) is 0.410. The largest absolute Gasteiger partial charge is 0.468 e. The molecule has 0 spiro atoms. The maximum absolute atomic E-state index is 12.3. The van der Waals surface area contributed by atoms with Gasteiger partial charge in [0.05, 0.1) is 23.0 Å². The number of anilines is 1. The van der Waals surface area contributed by atoms with Crippen molar-refractivity contribution in [3.8, 4) is 10.6 Å². The molecule has 0 aliphatic rings. The first kappa shape index (κ1) is 19.8. The van der Waals surface area contributed by atoms with Gasteiger partial charge in [-0.25, -0.2) is 0 Å². The summed E-state index contributed by atoms with van der Waals surface area (Å²) in [6.45, 7) is 1.84. The molecule has 11 heteroatoms. The molecule has 0 radical (unpaired) electrons. The molecule has 26 heavy (non-hydrogen) atoms. The molecule has 1 aromatic carbocycles. The van der Waals surface area contributed by atoms with Crippen LogP contribution in [0.25, 0.3) is 10.6 Å². The van der Waals surface area contributed by atoms with E-state index in [1.807, 2.05) is 6.92 Å². The minimum Gasteiger partial charge on any atom is -0.468 e. The summed E-state index contributed by atoms with van der Waals surface area (Å²) in [4.78, 5) is 33.9. The van der Waals surface area contributed by atoms with Gasteiger partial charge in [0.15, 0.2) is 0 Å². The summed E-state index contributed by atoms with van der Waals surface area (Å²) in [6.07, 6.45) is 0.532. The number of aromatic nitrogens is 2. The summed E-state index contributed by atoms with van der Waals surface area (Å²) in [5, 5.41) is 21.7. The molecular formula is C15H16N4O5S2. The number of amides is 1. The van der Waals surface area contributed by atoms with Crippen LogP contribution in [0.2, 0.25) is 0 Å². The second-order valence-corrected chi connectivity index (χ2v) is 7.16. The summed E-state index contributed by atoms with van der Waals surface area (Å²) < 4.78 is 4.56. The molecule has 1 heterocycles. The fourth-order valence-corrected chi connectivity index (χ4v) is 3.58. The van der Waals surface area contributed by atoms with Gasteiger partial charge in [-0.3, -0.25) is 25.0 Å². The Morgan fingerprint density at radius 1 is 1.42 bits per heavy atom. The van der Waals surface area contributed by atoms with Crippen LogP contribution in [0, 0.1) is 10.1 Å². The molecule has 1 atom stereocenters. The number of esters is 1. The fourth-order valence-electron chi connectivity index (χ4n) is 1.94. The number of hydrogen-bond donors (Lipinski definition) is 1. The van der Waals surface area contributed by atoms with Gasteiger partial charge in [-0.1, -0.05) is 30.4 Å². The summed E-state index contributed by atoms with van der Waals surface area (Å²) in [5.74, 6) is -0.606. The van der Waals surface area contributed by atoms with Crippen LogP contribution in [0.4, 0.5) is 10.8 Å². The maximum Gasteiger partial charge on any atom is 0.315 e. The first-order valence-electron chi connectivity index (χ1n) is 7.52. The van der Waals surface area contributed by atoms with Gasteiger partial charge in [-0.2, -0.15) is 0 Å². The lowest BCUT2D eigenvalue weighted by molar-refractivity contribution is -0.384. The van der Waals surface area contributed by atoms with Gasteiger partial charge >= 0.3 is 5.97 Å². The van der Waals surface area contributed by atoms with Crippen LogP contribution >= 0.6 is 23.1 Å². The molecule has 0 aliphatic heterocycles. The average molecular weight is 396 g/mol. The number of carbonyl (C=O) groups is 2. The van der Waals surface area contributed by atoms with E-state index in [2.05, 4.69) is 20.3 Å². The lowest BCUT2D eigenvalue weighted by atomic mass is 10.2. The first-order valence-corrected chi connectivity index (χ1v) is 9.38. The Morgan fingerprint density at radius 2 is 2.19 bits per heavy atom. The van der Waals surface area contributed by atoms with Gasteiger partial charge in [-0.05, 0) is 6.42 Å². The number of hydrogen-bond acceptors (Lipinski definition) is 9.